The molecule has 0 saturated heterocycles. The molecule has 0 fully saturated rings. The molecule has 0 saturated carbocycles. The zero-order chi connectivity index (χ0) is 24.7. The maximum absolute atomic E-state index is 13.6. The summed E-state index contributed by atoms with van der Waals surface area (Å²) in [4.78, 5) is 13.0. The van der Waals surface area contributed by atoms with E-state index in [4.69, 9.17) is 14.2 Å². The molecule has 8 nitrogen and oxygen atoms in total. The molecule has 9 heteroatoms. The molecule has 1 N–H and O–H groups in total. The number of sulfonamides is 1. The summed E-state index contributed by atoms with van der Waals surface area (Å²) in [5.74, 6) is 0.904. The predicted octanol–water partition coefficient (Wildman–Crippen LogP) is 4.24. The topological polar surface area (TPSA) is 94.2 Å². The zero-order valence-electron chi connectivity index (χ0n) is 19.6. The first-order valence-electron chi connectivity index (χ1n) is 10.6. The molecule has 0 unspecified atom stereocenters. The molecule has 3 rings (SSSR count). The fourth-order valence-electron chi connectivity index (χ4n) is 3.26. The Morgan fingerprint density at radius 1 is 0.912 bits per heavy atom. The fraction of sp³-hybridized carbons (Fsp3) is 0.240. The Morgan fingerprint density at radius 2 is 1.56 bits per heavy atom. The standard InChI is InChI=1S/C25H28N2O6S/c1-5-33-20-10-8-19(9-11-20)26-25(28)17-27(23-15-12-21(31-3)16-24(23)32-4)34(29,30)22-13-6-18(2)7-14-22/h6-16H,5,17H2,1-4H3,(H,26,28). The van der Waals surface area contributed by atoms with Gasteiger partial charge in [0.2, 0.25) is 5.91 Å². The third kappa shape index (κ3) is 5.79. The number of carbonyl (C=O) groups excluding carboxylic acids is 1. The molecule has 0 heterocycles. The van der Waals surface area contributed by atoms with Gasteiger partial charge < -0.3 is 19.5 Å². The summed E-state index contributed by atoms with van der Waals surface area (Å²) in [6, 6.07) is 18.0. The van der Waals surface area contributed by atoms with Crippen LogP contribution in [0.15, 0.2) is 71.6 Å². The summed E-state index contributed by atoms with van der Waals surface area (Å²) >= 11 is 0. The van der Waals surface area contributed by atoms with Crippen molar-refractivity contribution in [3.63, 3.8) is 0 Å². The molecule has 0 aliphatic rings. The highest BCUT2D eigenvalue weighted by atomic mass is 32.2. The molecule has 0 spiro atoms. The Hall–Kier alpha value is -3.72. The minimum atomic E-state index is -4.09. The van der Waals surface area contributed by atoms with Gasteiger partial charge in [-0.1, -0.05) is 17.7 Å². The summed E-state index contributed by atoms with van der Waals surface area (Å²) in [6.45, 7) is 3.81. The van der Waals surface area contributed by atoms with E-state index in [9.17, 15) is 13.2 Å². The van der Waals surface area contributed by atoms with Crippen LogP contribution in [-0.4, -0.2) is 41.7 Å². The van der Waals surface area contributed by atoms with Crippen LogP contribution in [0.5, 0.6) is 17.2 Å². The second-order valence-electron chi connectivity index (χ2n) is 7.37. The van der Waals surface area contributed by atoms with Crippen LogP contribution in [0, 0.1) is 6.92 Å². The summed E-state index contributed by atoms with van der Waals surface area (Å²) in [7, 11) is -1.17. The quantitative estimate of drug-likeness (QED) is 0.463. The molecule has 34 heavy (non-hydrogen) atoms. The van der Waals surface area contributed by atoms with Crippen LogP contribution in [0.3, 0.4) is 0 Å². The average Bonchev–Trinajstić information content (AvgIpc) is 2.84. The van der Waals surface area contributed by atoms with E-state index in [0.717, 1.165) is 9.87 Å². The predicted molar refractivity (Wildman–Crippen MR) is 131 cm³/mol. The maximum Gasteiger partial charge on any atom is 0.264 e. The molecular weight excluding hydrogens is 456 g/mol. The lowest BCUT2D eigenvalue weighted by molar-refractivity contribution is -0.114. The minimum Gasteiger partial charge on any atom is -0.497 e. The third-order valence-electron chi connectivity index (χ3n) is 5.00. The van der Waals surface area contributed by atoms with Crippen LogP contribution in [-0.2, 0) is 14.8 Å². The molecule has 0 aliphatic heterocycles. The smallest absolute Gasteiger partial charge is 0.264 e. The van der Waals surface area contributed by atoms with Gasteiger partial charge >= 0.3 is 0 Å². The molecule has 0 atom stereocenters. The van der Waals surface area contributed by atoms with E-state index in [-0.39, 0.29) is 16.3 Å². The molecule has 0 radical (unpaired) electrons. The van der Waals surface area contributed by atoms with Gasteiger partial charge in [0.15, 0.2) is 0 Å². The van der Waals surface area contributed by atoms with E-state index in [2.05, 4.69) is 5.32 Å². The van der Waals surface area contributed by atoms with Crippen molar-refractivity contribution in [2.24, 2.45) is 0 Å². The van der Waals surface area contributed by atoms with Crippen LogP contribution in [0.1, 0.15) is 12.5 Å². The number of anilines is 2. The lowest BCUT2D eigenvalue weighted by Gasteiger charge is -2.26. The Kier molecular flexibility index (Phi) is 8.01. The van der Waals surface area contributed by atoms with E-state index in [0.29, 0.717) is 23.8 Å². The highest BCUT2D eigenvalue weighted by Crippen LogP contribution is 2.35. The number of carbonyl (C=O) groups is 1. The van der Waals surface area contributed by atoms with Crippen LogP contribution in [0.2, 0.25) is 0 Å². The van der Waals surface area contributed by atoms with Gasteiger partial charge in [-0.15, -0.1) is 0 Å². The van der Waals surface area contributed by atoms with Crippen LogP contribution in [0.25, 0.3) is 0 Å². The minimum absolute atomic E-state index is 0.0600. The van der Waals surface area contributed by atoms with Crippen molar-refractivity contribution < 1.29 is 27.4 Å². The Labute approximate surface area is 200 Å². The number of methoxy groups -OCH3 is 2. The fourth-order valence-corrected chi connectivity index (χ4v) is 4.69. The molecule has 1 amide bonds. The molecule has 0 bridgehead atoms. The Morgan fingerprint density at radius 3 is 2.15 bits per heavy atom. The van der Waals surface area contributed by atoms with Crippen molar-refractivity contribution in [2.75, 3.05) is 37.0 Å². The number of benzene rings is 3. The van der Waals surface area contributed by atoms with Gasteiger partial charge in [0, 0.05) is 11.8 Å². The van der Waals surface area contributed by atoms with E-state index in [1.165, 1.54) is 26.4 Å². The monoisotopic (exact) mass is 484 g/mol. The molecule has 3 aromatic carbocycles. The van der Waals surface area contributed by atoms with Gasteiger partial charge in [-0.05, 0) is 62.4 Å². The van der Waals surface area contributed by atoms with Crippen LogP contribution in [0.4, 0.5) is 11.4 Å². The third-order valence-corrected chi connectivity index (χ3v) is 6.77. The van der Waals surface area contributed by atoms with Crippen LogP contribution >= 0.6 is 0 Å². The first-order chi connectivity index (χ1) is 16.3. The summed E-state index contributed by atoms with van der Waals surface area (Å²) in [5.41, 5.74) is 1.65. The molecule has 3 aromatic rings. The van der Waals surface area contributed by atoms with Gasteiger partial charge in [-0.3, -0.25) is 9.10 Å². The lowest BCUT2D eigenvalue weighted by Crippen LogP contribution is -2.38. The second-order valence-corrected chi connectivity index (χ2v) is 9.23. The van der Waals surface area contributed by atoms with Crippen molar-refractivity contribution in [1.82, 2.24) is 0 Å². The summed E-state index contributed by atoms with van der Waals surface area (Å²) in [5, 5.41) is 2.74. The molecular formula is C25H28N2O6S. The number of rotatable bonds is 10. The van der Waals surface area contributed by atoms with Gasteiger partial charge in [0.1, 0.15) is 23.8 Å². The summed E-state index contributed by atoms with van der Waals surface area (Å²) < 4.78 is 44.3. The number of hydrogen-bond donors (Lipinski definition) is 1. The number of ether oxygens (including phenoxy) is 3. The Balaban J connectivity index is 1.96. The van der Waals surface area contributed by atoms with E-state index in [1.807, 2.05) is 13.8 Å². The number of amides is 1. The van der Waals surface area contributed by atoms with Crippen molar-refractivity contribution in [1.29, 1.82) is 0 Å². The molecule has 180 valence electrons. The highest BCUT2D eigenvalue weighted by Gasteiger charge is 2.29. The van der Waals surface area contributed by atoms with Gasteiger partial charge in [-0.2, -0.15) is 0 Å². The highest BCUT2D eigenvalue weighted by molar-refractivity contribution is 7.92. The SMILES string of the molecule is CCOc1ccc(NC(=O)CN(c2ccc(OC)cc2OC)S(=O)(=O)c2ccc(C)cc2)cc1. The maximum atomic E-state index is 13.6. The lowest BCUT2D eigenvalue weighted by atomic mass is 10.2. The number of hydrogen-bond acceptors (Lipinski definition) is 6. The molecule has 0 aliphatic carbocycles. The van der Waals surface area contributed by atoms with E-state index >= 15 is 0 Å². The van der Waals surface area contributed by atoms with E-state index in [1.54, 1.807) is 54.6 Å². The first-order valence-corrected chi connectivity index (χ1v) is 12.1. The van der Waals surface area contributed by atoms with Crippen molar-refractivity contribution in [3.05, 3.63) is 72.3 Å². The largest absolute Gasteiger partial charge is 0.497 e. The average molecular weight is 485 g/mol. The van der Waals surface area contributed by atoms with Crippen molar-refractivity contribution in [3.8, 4) is 17.2 Å². The number of nitrogens with zero attached hydrogens (tertiary/aromatic N) is 1. The van der Waals surface area contributed by atoms with E-state index < -0.39 is 22.5 Å². The van der Waals surface area contributed by atoms with Crippen LogP contribution < -0.4 is 23.8 Å². The van der Waals surface area contributed by atoms with Gasteiger partial charge in [-0.25, -0.2) is 8.42 Å². The summed E-state index contributed by atoms with van der Waals surface area (Å²) in [6.07, 6.45) is 0. The number of aryl methyl sites for hydroxylation is 1. The van der Waals surface area contributed by atoms with Gasteiger partial charge in [0.25, 0.3) is 10.0 Å². The first kappa shape index (κ1) is 24.9. The zero-order valence-corrected chi connectivity index (χ0v) is 20.4. The van der Waals surface area contributed by atoms with Gasteiger partial charge in [0.05, 0.1) is 31.4 Å². The number of nitrogens with one attached hydrogen (secondary N) is 1. The molecule has 0 aromatic heterocycles. The van der Waals surface area contributed by atoms with Crippen molar-refractivity contribution >= 4 is 27.3 Å². The normalized spacial score (nSPS) is 10.9. The Bertz CT molecular complexity index is 1230. The van der Waals surface area contributed by atoms with Crippen molar-refractivity contribution in [2.45, 2.75) is 18.7 Å². The second kappa shape index (κ2) is 10.9.